The van der Waals surface area contributed by atoms with E-state index < -0.39 is 0 Å². The van der Waals surface area contributed by atoms with Crippen LogP contribution in [0.4, 0.5) is 0 Å². The zero-order chi connectivity index (χ0) is 13.8. The van der Waals surface area contributed by atoms with Gasteiger partial charge in [0.1, 0.15) is 11.9 Å². The van der Waals surface area contributed by atoms with Crippen LogP contribution in [0.3, 0.4) is 0 Å². The van der Waals surface area contributed by atoms with Crippen LogP contribution in [0.15, 0.2) is 29.2 Å². The van der Waals surface area contributed by atoms with E-state index in [0.717, 1.165) is 24.0 Å². The molecular formula is C17H25NOS. The third kappa shape index (κ3) is 3.15. The van der Waals surface area contributed by atoms with Gasteiger partial charge in [-0.25, -0.2) is 0 Å². The molecule has 0 saturated heterocycles. The summed E-state index contributed by atoms with van der Waals surface area (Å²) in [4.78, 5) is 1.30. The van der Waals surface area contributed by atoms with Crippen molar-refractivity contribution in [2.45, 2.75) is 56.1 Å². The van der Waals surface area contributed by atoms with Crippen molar-refractivity contribution in [3.05, 3.63) is 24.3 Å². The van der Waals surface area contributed by atoms with Gasteiger partial charge in [0.15, 0.2) is 0 Å². The molecule has 1 saturated carbocycles. The quantitative estimate of drug-likeness (QED) is 0.882. The zero-order valence-corrected chi connectivity index (χ0v) is 13.1. The first-order chi connectivity index (χ1) is 9.88. The SMILES string of the molecule is CCCNC(C1CCCC1)C1CSc2ccccc2O1. The van der Waals surface area contributed by atoms with Crippen LogP contribution < -0.4 is 10.1 Å². The normalized spacial score (nSPS) is 24.1. The summed E-state index contributed by atoms with van der Waals surface area (Å²) in [6, 6.07) is 8.98. The van der Waals surface area contributed by atoms with E-state index in [1.54, 1.807) is 0 Å². The van der Waals surface area contributed by atoms with E-state index in [9.17, 15) is 0 Å². The number of hydrogen-bond acceptors (Lipinski definition) is 3. The maximum atomic E-state index is 6.32. The van der Waals surface area contributed by atoms with Gasteiger partial charge in [0.05, 0.1) is 0 Å². The lowest BCUT2D eigenvalue weighted by atomic mass is 9.93. The van der Waals surface area contributed by atoms with Gasteiger partial charge in [0, 0.05) is 16.7 Å². The lowest BCUT2D eigenvalue weighted by Crippen LogP contribution is -2.49. The van der Waals surface area contributed by atoms with Gasteiger partial charge in [-0.1, -0.05) is 31.9 Å². The summed E-state index contributed by atoms with van der Waals surface area (Å²) in [5, 5.41) is 3.77. The van der Waals surface area contributed by atoms with E-state index in [4.69, 9.17) is 4.74 Å². The molecule has 1 aromatic rings. The molecule has 1 aliphatic heterocycles. The van der Waals surface area contributed by atoms with Gasteiger partial charge in [0.25, 0.3) is 0 Å². The summed E-state index contributed by atoms with van der Waals surface area (Å²) < 4.78 is 6.32. The highest BCUT2D eigenvalue weighted by molar-refractivity contribution is 7.99. The van der Waals surface area contributed by atoms with Gasteiger partial charge in [-0.2, -0.15) is 0 Å². The Morgan fingerprint density at radius 3 is 2.90 bits per heavy atom. The summed E-state index contributed by atoms with van der Waals surface area (Å²) in [7, 11) is 0. The predicted octanol–water partition coefficient (Wildman–Crippen LogP) is 4.10. The fraction of sp³-hybridized carbons (Fsp3) is 0.647. The minimum Gasteiger partial charge on any atom is -0.487 e. The number of fused-ring (bicyclic) bond motifs is 1. The Labute approximate surface area is 126 Å². The summed E-state index contributed by atoms with van der Waals surface area (Å²) in [6.45, 7) is 3.35. The Morgan fingerprint density at radius 1 is 1.30 bits per heavy atom. The van der Waals surface area contributed by atoms with E-state index in [1.165, 1.54) is 37.0 Å². The molecule has 1 aromatic carbocycles. The summed E-state index contributed by atoms with van der Waals surface area (Å²) >= 11 is 1.95. The molecule has 3 heteroatoms. The molecule has 2 aliphatic rings. The first-order valence-electron chi connectivity index (χ1n) is 8.00. The highest BCUT2D eigenvalue weighted by Crippen LogP contribution is 2.38. The summed E-state index contributed by atoms with van der Waals surface area (Å²) in [5.74, 6) is 2.96. The predicted molar refractivity (Wildman–Crippen MR) is 85.6 cm³/mol. The van der Waals surface area contributed by atoms with E-state index in [1.807, 2.05) is 11.8 Å². The van der Waals surface area contributed by atoms with Crippen molar-refractivity contribution in [2.75, 3.05) is 12.3 Å². The Kier molecular flexibility index (Phi) is 4.90. The van der Waals surface area contributed by atoms with Crippen molar-refractivity contribution in [1.82, 2.24) is 5.32 Å². The molecule has 2 unspecified atom stereocenters. The van der Waals surface area contributed by atoms with Crippen LogP contribution in [0.2, 0.25) is 0 Å². The average molecular weight is 291 g/mol. The van der Waals surface area contributed by atoms with Crippen LogP contribution in [0.5, 0.6) is 5.75 Å². The van der Waals surface area contributed by atoms with Crippen LogP contribution in [0.25, 0.3) is 0 Å². The second-order valence-electron chi connectivity index (χ2n) is 5.94. The smallest absolute Gasteiger partial charge is 0.133 e. The molecule has 1 fully saturated rings. The lowest BCUT2D eigenvalue weighted by Gasteiger charge is -2.35. The monoisotopic (exact) mass is 291 g/mol. The average Bonchev–Trinajstić information content (AvgIpc) is 3.02. The van der Waals surface area contributed by atoms with Gasteiger partial charge in [0.2, 0.25) is 0 Å². The highest BCUT2D eigenvalue weighted by atomic mass is 32.2. The van der Waals surface area contributed by atoms with Gasteiger partial charge < -0.3 is 10.1 Å². The highest BCUT2D eigenvalue weighted by Gasteiger charge is 2.34. The number of rotatable bonds is 5. The Balaban J connectivity index is 1.71. The fourth-order valence-electron chi connectivity index (χ4n) is 3.44. The number of nitrogens with one attached hydrogen (secondary N) is 1. The lowest BCUT2D eigenvalue weighted by molar-refractivity contribution is 0.132. The van der Waals surface area contributed by atoms with Crippen LogP contribution >= 0.6 is 11.8 Å². The van der Waals surface area contributed by atoms with Crippen LogP contribution in [0, 0.1) is 5.92 Å². The van der Waals surface area contributed by atoms with E-state index >= 15 is 0 Å². The number of para-hydroxylation sites is 1. The molecular weight excluding hydrogens is 266 g/mol. The number of thioether (sulfide) groups is 1. The van der Waals surface area contributed by atoms with Gasteiger partial charge in [-0.15, -0.1) is 11.8 Å². The maximum absolute atomic E-state index is 6.32. The second-order valence-corrected chi connectivity index (χ2v) is 7.00. The van der Waals surface area contributed by atoms with Crippen molar-refractivity contribution >= 4 is 11.8 Å². The van der Waals surface area contributed by atoms with E-state index in [-0.39, 0.29) is 0 Å². The molecule has 1 heterocycles. The molecule has 3 rings (SSSR count). The molecule has 110 valence electrons. The topological polar surface area (TPSA) is 21.3 Å². The van der Waals surface area contributed by atoms with Crippen molar-refractivity contribution in [3.63, 3.8) is 0 Å². The fourth-order valence-corrected chi connectivity index (χ4v) is 4.49. The van der Waals surface area contributed by atoms with E-state index in [0.29, 0.717) is 12.1 Å². The Bertz CT molecular complexity index is 431. The number of benzene rings is 1. The van der Waals surface area contributed by atoms with Crippen molar-refractivity contribution in [2.24, 2.45) is 5.92 Å². The molecule has 0 aromatic heterocycles. The number of ether oxygens (including phenoxy) is 1. The molecule has 2 atom stereocenters. The largest absolute Gasteiger partial charge is 0.487 e. The minimum absolute atomic E-state index is 0.324. The van der Waals surface area contributed by atoms with Gasteiger partial charge in [-0.05, 0) is 43.9 Å². The zero-order valence-electron chi connectivity index (χ0n) is 12.3. The molecule has 0 amide bonds. The third-order valence-electron chi connectivity index (χ3n) is 4.47. The molecule has 0 bridgehead atoms. The first kappa shape index (κ1) is 14.3. The van der Waals surface area contributed by atoms with Crippen molar-refractivity contribution < 1.29 is 4.74 Å². The van der Waals surface area contributed by atoms with Gasteiger partial charge >= 0.3 is 0 Å². The molecule has 2 nitrogen and oxygen atoms in total. The van der Waals surface area contributed by atoms with Crippen molar-refractivity contribution in [3.8, 4) is 5.75 Å². The van der Waals surface area contributed by atoms with Crippen molar-refractivity contribution in [1.29, 1.82) is 0 Å². The Hall–Kier alpha value is -0.670. The van der Waals surface area contributed by atoms with E-state index in [2.05, 4.69) is 36.5 Å². The third-order valence-corrected chi connectivity index (χ3v) is 5.61. The van der Waals surface area contributed by atoms with Crippen LogP contribution in [-0.2, 0) is 0 Å². The standard InChI is InChI=1S/C17H25NOS/c1-2-11-18-17(13-7-3-4-8-13)15-12-20-16-10-6-5-9-14(16)19-15/h5-6,9-10,13,15,17-18H,2-4,7-8,11-12H2,1H3. The summed E-state index contributed by atoms with van der Waals surface area (Å²) in [6.07, 6.45) is 7.04. The molecule has 20 heavy (non-hydrogen) atoms. The molecule has 1 aliphatic carbocycles. The number of hydrogen-bond donors (Lipinski definition) is 1. The minimum atomic E-state index is 0.324. The van der Waals surface area contributed by atoms with Crippen LogP contribution in [-0.4, -0.2) is 24.4 Å². The van der Waals surface area contributed by atoms with Gasteiger partial charge in [-0.3, -0.25) is 0 Å². The molecule has 1 N–H and O–H groups in total. The Morgan fingerprint density at radius 2 is 2.10 bits per heavy atom. The first-order valence-corrected chi connectivity index (χ1v) is 8.99. The molecule has 0 radical (unpaired) electrons. The summed E-state index contributed by atoms with van der Waals surface area (Å²) in [5.41, 5.74) is 0. The molecule has 0 spiro atoms. The maximum Gasteiger partial charge on any atom is 0.133 e. The van der Waals surface area contributed by atoms with Crippen LogP contribution in [0.1, 0.15) is 39.0 Å². The second kappa shape index (κ2) is 6.86.